The number of nitrogens with zero attached hydrogens (tertiary/aromatic N) is 5. The molecule has 0 unspecified atom stereocenters. The Morgan fingerprint density at radius 3 is 1.57 bits per heavy atom. The molecule has 0 aliphatic heterocycles. The summed E-state index contributed by atoms with van der Waals surface area (Å²) in [6, 6.07) is 75.5. The van der Waals surface area contributed by atoms with Gasteiger partial charge in [-0.05, 0) is 53.6 Å². The van der Waals surface area contributed by atoms with Gasteiger partial charge in [0.25, 0.3) is 0 Å². The Kier molecular flexibility index (Phi) is 8.01. The number of hydrogen-bond acceptors (Lipinski definition) is 4. The predicted molar refractivity (Wildman–Crippen MR) is 263 cm³/mol. The minimum Gasteiger partial charge on any atom is -0.309 e. The van der Waals surface area contributed by atoms with Crippen LogP contribution in [0.5, 0.6) is 0 Å². The molecule has 63 heavy (non-hydrogen) atoms. The fourth-order valence-electron chi connectivity index (χ4n) is 9.56. The molecule has 0 saturated heterocycles. The van der Waals surface area contributed by atoms with Gasteiger partial charge in [-0.15, -0.1) is 11.3 Å². The molecule has 4 heterocycles. The van der Waals surface area contributed by atoms with Crippen molar-refractivity contribution in [3.05, 3.63) is 212 Å². The second-order valence-corrected chi connectivity index (χ2v) is 17.0. The molecular weight excluding hydrogens is 787 g/mol. The molecule has 0 atom stereocenters. The SMILES string of the molecule is c1ccc(-c2nc(-c3ccccc3)nc(-c3cccc(-n4c5ccccc5c5ccc6c7ccc(-n8c9ccccc9c9c(-c%10ccccc%10)cccc98)cc7sc6c54)c3)n2)cc1. The van der Waals surface area contributed by atoms with Crippen molar-refractivity contribution in [2.24, 2.45) is 0 Å². The predicted octanol–water partition coefficient (Wildman–Crippen LogP) is 15.1. The number of benzene rings is 9. The number of para-hydroxylation sites is 2. The molecule has 13 rings (SSSR count). The van der Waals surface area contributed by atoms with E-state index in [9.17, 15) is 0 Å². The molecular formula is C57H35N5S. The maximum absolute atomic E-state index is 5.08. The lowest BCUT2D eigenvalue weighted by atomic mass is 9.99. The van der Waals surface area contributed by atoms with Crippen molar-refractivity contribution in [3.63, 3.8) is 0 Å². The van der Waals surface area contributed by atoms with Gasteiger partial charge in [0.05, 0.1) is 26.8 Å². The first kappa shape index (κ1) is 35.6. The second-order valence-electron chi connectivity index (χ2n) is 16.0. The van der Waals surface area contributed by atoms with Gasteiger partial charge >= 0.3 is 0 Å². The van der Waals surface area contributed by atoms with Crippen LogP contribution in [-0.2, 0) is 0 Å². The molecule has 6 heteroatoms. The highest BCUT2D eigenvalue weighted by Gasteiger charge is 2.21. The Labute approximate surface area is 366 Å². The topological polar surface area (TPSA) is 48.5 Å². The summed E-state index contributed by atoms with van der Waals surface area (Å²) in [6.07, 6.45) is 0. The van der Waals surface area contributed by atoms with E-state index in [0.717, 1.165) is 33.6 Å². The maximum Gasteiger partial charge on any atom is 0.164 e. The number of aromatic nitrogens is 5. The Morgan fingerprint density at radius 1 is 0.333 bits per heavy atom. The summed E-state index contributed by atoms with van der Waals surface area (Å²) in [5.74, 6) is 1.92. The van der Waals surface area contributed by atoms with Gasteiger partial charge < -0.3 is 9.13 Å². The molecule has 0 saturated carbocycles. The molecule has 0 radical (unpaired) electrons. The summed E-state index contributed by atoms with van der Waals surface area (Å²) in [4.78, 5) is 15.1. The van der Waals surface area contributed by atoms with E-state index in [1.165, 1.54) is 69.4 Å². The molecule has 5 nitrogen and oxygen atoms in total. The molecule has 0 amide bonds. The summed E-state index contributed by atoms with van der Waals surface area (Å²) in [7, 11) is 0. The zero-order chi connectivity index (χ0) is 41.4. The van der Waals surface area contributed by atoms with E-state index in [1.807, 2.05) is 72.0 Å². The van der Waals surface area contributed by atoms with E-state index in [4.69, 9.17) is 15.0 Å². The van der Waals surface area contributed by atoms with Crippen LogP contribution in [0.15, 0.2) is 212 Å². The van der Waals surface area contributed by atoms with Gasteiger partial charge in [0.15, 0.2) is 17.5 Å². The van der Waals surface area contributed by atoms with Crippen LogP contribution in [0.4, 0.5) is 0 Å². The van der Waals surface area contributed by atoms with Crippen LogP contribution in [0.1, 0.15) is 0 Å². The zero-order valence-corrected chi connectivity index (χ0v) is 34.7. The van der Waals surface area contributed by atoms with Crippen LogP contribution in [0.3, 0.4) is 0 Å². The van der Waals surface area contributed by atoms with Gasteiger partial charge in [0.1, 0.15) is 0 Å². The average molecular weight is 822 g/mol. The van der Waals surface area contributed by atoms with Crippen LogP contribution in [-0.4, -0.2) is 24.1 Å². The molecule has 0 fully saturated rings. The zero-order valence-electron chi connectivity index (χ0n) is 33.9. The van der Waals surface area contributed by atoms with Gasteiger partial charge in [0.2, 0.25) is 0 Å². The van der Waals surface area contributed by atoms with Crippen molar-refractivity contribution >= 4 is 75.1 Å². The monoisotopic (exact) mass is 821 g/mol. The van der Waals surface area contributed by atoms with Gasteiger partial charge in [-0.2, -0.15) is 0 Å². The summed E-state index contributed by atoms with van der Waals surface area (Å²) in [5, 5.41) is 7.47. The van der Waals surface area contributed by atoms with E-state index >= 15 is 0 Å². The molecule has 4 aromatic heterocycles. The van der Waals surface area contributed by atoms with Crippen molar-refractivity contribution in [1.29, 1.82) is 0 Å². The van der Waals surface area contributed by atoms with Gasteiger partial charge in [-0.1, -0.05) is 170 Å². The Balaban J connectivity index is 1.01. The van der Waals surface area contributed by atoms with Crippen molar-refractivity contribution in [1.82, 2.24) is 24.1 Å². The van der Waals surface area contributed by atoms with E-state index in [1.54, 1.807) is 0 Å². The third kappa shape index (κ3) is 5.66. The highest BCUT2D eigenvalue weighted by Crippen LogP contribution is 2.45. The highest BCUT2D eigenvalue weighted by atomic mass is 32.1. The first-order valence-corrected chi connectivity index (χ1v) is 22.0. The maximum atomic E-state index is 5.08. The largest absolute Gasteiger partial charge is 0.309 e. The van der Waals surface area contributed by atoms with Crippen LogP contribution in [0.25, 0.3) is 120 Å². The summed E-state index contributed by atoms with van der Waals surface area (Å²) >= 11 is 1.87. The van der Waals surface area contributed by atoms with Crippen molar-refractivity contribution in [2.45, 2.75) is 0 Å². The third-order valence-electron chi connectivity index (χ3n) is 12.4. The average Bonchev–Trinajstić information content (AvgIpc) is 4.02. The highest BCUT2D eigenvalue weighted by molar-refractivity contribution is 7.26. The molecule has 9 aromatic carbocycles. The minimum absolute atomic E-state index is 0.630. The van der Waals surface area contributed by atoms with Crippen LogP contribution in [0.2, 0.25) is 0 Å². The van der Waals surface area contributed by atoms with E-state index in [0.29, 0.717) is 17.5 Å². The number of thiophene rings is 1. The summed E-state index contributed by atoms with van der Waals surface area (Å²) in [5.41, 5.74) is 12.2. The first-order valence-electron chi connectivity index (χ1n) is 21.2. The lowest BCUT2D eigenvalue weighted by Crippen LogP contribution is -2.01. The first-order chi connectivity index (χ1) is 31.2. The van der Waals surface area contributed by atoms with E-state index < -0.39 is 0 Å². The minimum atomic E-state index is 0.630. The molecule has 294 valence electrons. The molecule has 0 spiro atoms. The quantitative estimate of drug-likeness (QED) is 0.168. The molecule has 0 N–H and O–H groups in total. The third-order valence-corrected chi connectivity index (χ3v) is 13.5. The smallest absolute Gasteiger partial charge is 0.164 e. The van der Waals surface area contributed by atoms with Crippen LogP contribution >= 0.6 is 11.3 Å². The van der Waals surface area contributed by atoms with Crippen molar-refractivity contribution < 1.29 is 0 Å². The lowest BCUT2D eigenvalue weighted by Gasteiger charge is -2.12. The molecule has 0 aliphatic rings. The summed E-state index contributed by atoms with van der Waals surface area (Å²) in [6.45, 7) is 0. The van der Waals surface area contributed by atoms with Crippen LogP contribution in [0, 0.1) is 0 Å². The van der Waals surface area contributed by atoms with Gasteiger partial charge in [-0.3, -0.25) is 0 Å². The standard InChI is InChI=1S/C57H35N5S/c1-4-16-36(17-5-1)42-26-15-29-50-52(42)47-25-11-13-28-49(47)61(50)41-30-31-44-46-33-32-45-43-24-10-12-27-48(43)62(53(45)54(46)63-51(44)35-41)40-23-14-22-39(34-40)57-59-55(37-18-6-2-7-19-37)58-56(60-57)38-20-8-3-9-21-38/h1-35H. The lowest BCUT2D eigenvalue weighted by molar-refractivity contribution is 1.07. The fraction of sp³-hybridized carbons (Fsp3) is 0. The molecule has 0 aliphatic carbocycles. The number of rotatable bonds is 6. The van der Waals surface area contributed by atoms with E-state index in [2.05, 4.69) is 161 Å². The van der Waals surface area contributed by atoms with Crippen molar-refractivity contribution in [3.8, 4) is 56.7 Å². The Hall–Kier alpha value is -8.19. The van der Waals surface area contributed by atoms with Crippen LogP contribution < -0.4 is 0 Å². The summed E-state index contributed by atoms with van der Waals surface area (Å²) < 4.78 is 7.38. The fourth-order valence-corrected chi connectivity index (χ4v) is 10.8. The normalized spacial score (nSPS) is 11.8. The number of fused-ring (bicyclic) bond motifs is 10. The van der Waals surface area contributed by atoms with Gasteiger partial charge in [-0.25, -0.2) is 15.0 Å². The van der Waals surface area contributed by atoms with Gasteiger partial charge in [0, 0.05) is 65.1 Å². The molecule has 13 aromatic rings. The van der Waals surface area contributed by atoms with Crippen molar-refractivity contribution in [2.75, 3.05) is 0 Å². The second kappa shape index (κ2) is 14.2. The van der Waals surface area contributed by atoms with E-state index in [-0.39, 0.29) is 0 Å². The molecule has 0 bridgehead atoms. The Morgan fingerprint density at radius 2 is 0.857 bits per heavy atom. The Bertz CT molecular complexity index is 3850. The number of hydrogen-bond donors (Lipinski definition) is 0.